The first-order valence-electron chi connectivity index (χ1n) is 9.78. The van der Waals surface area contributed by atoms with Gasteiger partial charge in [-0.05, 0) is 30.7 Å². The number of morpholine rings is 1. The van der Waals surface area contributed by atoms with Gasteiger partial charge in [0.1, 0.15) is 19.0 Å². The summed E-state index contributed by atoms with van der Waals surface area (Å²) in [4.78, 5) is 6.94. The summed E-state index contributed by atoms with van der Waals surface area (Å²) in [6.07, 6.45) is 0.615. The number of hydrogen-bond donors (Lipinski definition) is 1. The third kappa shape index (κ3) is 4.72. The molecule has 150 valence electrons. The lowest BCUT2D eigenvalue weighted by atomic mass is 10.1. The molecule has 0 unspecified atom stereocenters. The Hall–Kier alpha value is -2.38. The van der Waals surface area contributed by atoms with E-state index >= 15 is 0 Å². The minimum absolute atomic E-state index is 0.223. The Morgan fingerprint density at radius 2 is 2.04 bits per heavy atom. The van der Waals surface area contributed by atoms with Crippen LogP contribution in [0.1, 0.15) is 18.1 Å². The number of aromatic nitrogens is 1. The van der Waals surface area contributed by atoms with E-state index in [9.17, 15) is 4.39 Å². The molecule has 0 saturated carbocycles. The molecule has 0 amide bonds. The molecule has 0 bridgehead atoms. The number of pyridine rings is 1. The van der Waals surface area contributed by atoms with Crippen LogP contribution in [0.3, 0.4) is 0 Å². The number of benzene rings is 1. The topological polar surface area (TPSA) is 55.9 Å². The summed E-state index contributed by atoms with van der Waals surface area (Å²) in [5.74, 6) is 0.910. The molecule has 2 aliphatic rings. The number of halogens is 1. The van der Waals surface area contributed by atoms with Gasteiger partial charge in [-0.2, -0.15) is 4.98 Å². The van der Waals surface area contributed by atoms with E-state index in [2.05, 4.69) is 22.1 Å². The third-order valence-electron chi connectivity index (χ3n) is 4.96. The van der Waals surface area contributed by atoms with Gasteiger partial charge in [0.05, 0.1) is 24.9 Å². The third-order valence-corrected chi connectivity index (χ3v) is 4.96. The van der Waals surface area contributed by atoms with Crippen LogP contribution in [0.2, 0.25) is 0 Å². The van der Waals surface area contributed by atoms with Crippen LogP contribution in [-0.4, -0.2) is 62.0 Å². The van der Waals surface area contributed by atoms with Gasteiger partial charge in [-0.3, -0.25) is 4.90 Å². The van der Waals surface area contributed by atoms with Crippen LogP contribution >= 0.6 is 0 Å². The first kappa shape index (κ1) is 19.0. The molecule has 28 heavy (non-hydrogen) atoms. The number of nitrogens with zero attached hydrogens (tertiary/aromatic N) is 2. The van der Waals surface area contributed by atoms with E-state index in [-0.39, 0.29) is 11.9 Å². The average Bonchev–Trinajstić information content (AvgIpc) is 2.71. The van der Waals surface area contributed by atoms with Gasteiger partial charge >= 0.3 is 0 Å². The Bertz CT molecular complexity index is 794. The summed E-state index contributed by atoms with van der Waals surface area (Å²) in [5, 5.41) is 3.40. The summed E-state index contributed by atoms with van der Waals surface area (Å²) in [6, 6.07) is 8.79. The number of ether oxygens (including phenoxy) is 3. The second kappa shape index (κ2) is 8.75. The average molecular weight is 387 g/mol. The first-order valence-corrected chi connectivity index (χ1v) is 9.78. The molecule has 2 aliphatic heterocycles. The Kier molecular flexibility index (Phi) is 5.92. The van der Waals surface area contributed by atoms with Gasteiger partial charge in [0.15, 0.2) is 0 Å². The zero-order chi connectivity index (χ0) is 19.3. The molecule has 3 heterocycles. The molecular formula is C21H26FN3O3. The van der Waals surface area contributed by atoms with Gasteiger partial charge in [-0.25, -0.2) is 4.39 Å². The van der Waals surface area contributed by atoms with Crippen molar-refractivity contribution in [3.05, 3.63) is 47.3 Å². The highest BCUT2D eigenvalue weighted by Crippen LogP contribution is 2.33. The lowest BCUT2D eigenvalue weighted by molar-refractivity contribution is 0.0319. The van der Waals surface area contributed by atoms with Gasteiger partial charge in [0, 0.05) is 31.6 Å². The van der Waals surface area contributed by atoms with Crippen molar-refractivity contribution >= 4 is 5.69 Å². The van der Waals surface area contributed by atoms with Gasteiger partial charge in [0.2, 0.25) is 11.8 Å². The maximum atomic E-state index is 13.2. The summed E-state index contributed by atoms with van der Waals surface area (Å²) in [7, 11) is 0. The zero-order valence-corrected chi connectivity index (χ0v) is 16.1. The zero-order valence-electron chi connectivity index (χ0n) is 16.1. The monoisotopic (exact) mass is 387 g/mol. The molecule has 1 N–H and O–H groups in total. The van der Waals surface area contributed by atoms with Crippen LogP contribution in [0.15, 0.2) is 30.3 Å². The van der Waals surface area contributed by atoms with E-state index in [4.69, 9.17) is 14.2 Å². The van der Waals surface area contributed by atoms with E-state index in [1.54, 1.807) is 12.1 Å². The fourth-order valence-corrected chi connectivity index (χ4v) is 3.42. The second-order valence-corrected chi connectivity index (χ2v) is 7.27. The maximum absolute atomic E-state index is 13.2. The molecule has 0 spiro atoms. The maximum Gasteiger partial charge on any atom is 0.240 e. The normalized spacial score (nSPS) is 19.4. The Balaban J connectivity index is 1.51. The van der Waals surface area contributed by atoms with E-state index in [1.807, 2.05) is 6.07 Å². The highest BCUT2D eigenvalue weighted by Gasteiger charge is 2.21. The van der Waals surface area contributed by atoms with Crippen LogP contribution in [-0.2, 0) is 11.2 Å². The van der Waals surface area contributed by atoms with Crippen molar-refractivity contribution in [2.24, 2.45) is 0 Å². The van der Waals surface area contributed by atoms with Crippen molar-refractivity contribution in [2.75, 3.05) is 51.4 Å². The van der Waals surface area contributed by atoms with Crippen LogP contribution in [0.4, 0.5) is 10.1 Å². The molecule has 1 aromatic heterocycles. The molecule has 1 aromatic carbocycles. The van der Waals surface area contributed by atoms with E-state index in [0.717, 1.165) is 49.7 Å². The van der Waals surface area contributed by atoms with Crippen molar-refractivity contribution in [2.45, 2.75) is 19.4 Å². The fourth-order valence-electron chi connectivity index (χ4n) is 3.42. The predicted octanol–water partition coefficient (Wildman–Crippen LogP) is 2.72. The number of nitrogens with one attached hydrogen (secondary N) is 1. The molecule has 2 aromatic rings. The summed E-state index contributed by atoms with van der Waals surface area (Å²) >= 11 is 0. The Morgan fingerprint density at radius 3 is 2.82 bits per heavy atom. The SMILES string of the molecule is C[C@H]1COc2nc(OCCN3CCOCC3)c(Cc3ccc(F)cc3)cc2N1. The quantitative estimate of drug-likeness (QED) is 0.823. The summed E-state index contributed by atoms with van der Waals surface area (Å²) < 4.78 is 30.4. The van der Waals surface area contributed by atoms with Crippen molar-refractivity contribution in [3.63, 3.8) is 0 Å². The molecule has 0 radical (unpaired) electrons. The molecule has 1 fully saturated rings. The van der Waals surface area contributed by atoms with Crippen LogP contribution < -0.4 is 14.8 Å². The molecule has 7 heteroatoms. The molecular weight excluding hydrogens is 361 g/mol. The van der Waals surface area contributed by atoms with Crippen LogP contribution in [0.25, 0.3) is 0 Å². The smallest absolute Gasteiger partial charge is 0.240 e. The summed E-state index contributed by atoms with van der Waals surface area (Å²) in [6.45, 7) is 7.40. The van der Waals surface area contributed by atoms with Crippen molar-refractivity contribution in [3.8, 4) is 11.8 Å². The molecule has 6 nitrogen and oxygen atoms in total. The molecule has 0 aliphatic carbocycles. The van der Waals surface area contributed by atoms with E-state index in [0.29, 0.717) is 31.4 Å². The van der Waals surface area contributed by atoms with E-state index in [1.165, 1.54) is 12.1 Å². The van der Waals surface area contributed by atoms with E-state index < -0.39 is 0 Å². The number of hydrogen-bond acceptors (Lipinski definition) is 6. The van der Waals surface area contributed by atoms with Gasteiger partial charge in [0.25, 0.3) is 0 Å². The minimum Gasteiger partial charge on any atom is -0.476 e. The lowest BCUT2D eigenvalue weighted by Gasteiger charge is -2.27. The van der Waals surface area contributed by atoms with Crippen molar-refractivity contribution in [1.29, 1.82) is 0 Å². The Labute approximate surface area is 164 Å². The number of rotatable bonds is 6. The van der Waals surface area contributed by atoms with Crippen LogP contribution in [0, 0.1) is 5.82 Å². The fraction of sp³-hybridized carbons (Fsp3) is 0.476. The Morgan fingerprint density at radius 1 is 1.25 bits per heavy atom. The standard InChI is InChI=1S/C21H26FN3O3/c1-15-14-28-21-19(23-15)13-17(12-16-2-4-18(22)5-3-16)20(24-21)27-11-8-25-6-9-26-10-7-25/h2-5,13,15,23H,6-12,14H2,1H3/t15-/m0/s1. The highest BCUT2D eigenvalue weighted by atomic mass is 19.1. The highest BCUT2D eigenvalue weighted by molar-refractivity contribution is 5.59. The number of anilines is 1. The van der Waals surface area contributed by atoms with Gasteiger partial charge in [-0.15, -0.1) is 0 Å². The largest absolute Gasteiger partial charge is 0.476 e. The van der Waals surface area contributed by atoms with Gasteiger partial charge < -0.3 is 19.5 Å². The number of fused-ring (bicyclic) bond motifs is 1. The van der Waals surface area contributed by atoms with Gasteiger partial charge in [-0.1, -0.05) is 12.1 Å². The van der Waals surface area contributed by atoms with Crippen LogP contribution in [0.5, 0.6) is 11.8 Å². The van der Waals surface area contributed by atoms with Crippen molar-refractivity contribution in [1.82, 2.24) is 9.88 Å². The molecule has 4 rings (SSSR count). The molecule has 1 atom stereocenters. The minimum atomic E-state index is -0.238. The lowest BCUT2D eigenvalue weighted by Crippen LogP contribution is -2.38. The van der Waals surface area contributed by atoms with Crippen molar-refractivity contribution < 1.29 is 18.6 Å². The second-order valence-electron chi connectivity index (χ2n) is 7.27. The first-order chi connectivity index (χ1) is 13.7. The predicted molar refractivity (Wildman–Crippen MR) is 105 cm³/mol. The molecule has 1 saturated heterocycles. The summed E-state index contributed by atoms with van der Waals surface area (Å²) in [5.41, 5.74) is 2.83.